The first-order chi connectivity index (χ1) is 8.08. The highest BCUT2D eigenvalue weighted by atomic mass is 35.5. The molecule has 0 saturated heterocycles. The van der Waals surface area contributed by atoms with Gasteiger partial charge in [0.15, 0.2) is 5.06 Å². The molecule has 17 heavy (non-hydrogen) atoms. The molecule has 3 heteroatoms. The second kappa shape index (κ2) is 5.09. The molecule has 1 nitrogen and oxygen atoms in total. The molecule has 0 saturated carbocycles. The zero-order chi connectivity index (χ0) is 12.3. The molecule has 0 fully saturated rings. The summed E-state index contributed by atoms with van der Waals surface area (Å²) in [5, 5.41) is 9.41. The molecule has 2 rings (SSSR count). The standard InChI is InChI=1S/C14H12Cl2O/c15-13-8-4-7-12(9-13)14(16,17)10-11-5-2-1-3-6-11/h1-9,17H,10H2. The van der Waals surface area contributed by atoms with E-state index in [2.05, 4.69) is 0 Å². The summed E-state index contributed by atoms with van der Waals surface area (Å²) in [6.45, 7) is 0. The van der Waals surface area contributed by atoms with Crippen LogP contribution in [0.25, 0.3) is 0 Å². The van der Waals surface area contributed by atoms with E-state index in [9.17, 15) is 5.11 Å². The smallest absolute Gasteiger partial charge is 0.168 e. The minimum atomic E-state index is -1.42. The first-order valence-corrected chi connectivity index (χ1v) is 6.05. The van der Waals surface area contributed by atoms with E-state index >= 15 is 0 Å². The van der Waals surface area contributed by atoms with Crippen molar-refractivity contribution in [3.05, 3.63) is 70.7 Å². The van der Waals surface area contributed by atoms with Crippen molar-refractivity contribution in [1.82, 2.24) is 0 Å². The monoisotopic (exact) mass is 266 g/mol. The molecule has 2 aromatic carbocycles. The number of benzene rings is 2. The van der Waals surface area contributed by atoms with Crippen molar-refractivity contribution in [2.45, 2.75) is 11.5 Å². The SMILES string of the molecule is OC(Cl)(Cc1ccccc1)c1cccc(Cl)c1. The van der Waals surface area contributed by atoms with E-state index < -0.39 is 5.06 Å². The van der Waals surface area contributed by atoms with Crippen LogP contribution in [0.3, 0.4) is 0 Å². The van der Waals surface area contributed by atoms with Crippen molar-refractivity contribution < 1.29 is 5.11 Å². The average molecular weight is 267 g/mol. The fraction of sp³-hybridized carbons (Fsp3) is 0.143. The van der Waals surface area contributed by atoms with Crippen molar-refractivity contribution in [1.29, 1.82) is 0 Å². The zero-order valence-electron chi connectivity index (χ0n) is 9.11. The van der Waals surface area contributed by atoms with E-state index in [1.165, 1.54) is 0 Å². The van der Waals surface area contributed by atoms with Gasteiger partial charge in [0.2, 0.25) is 0 Å². The van der Waals surface area contributed by atoms with Gasteiger partial charge in [-0.25, -0.2) is 0 Å². The van der Waals surface area contributed by atoms with Crippen LogP contribution in [0.2, 0.25) is 5.02 Å². The van der Waals surface area contributed by atoms with Crippen molar-refractivity contribution in [3.63, 3.8) is 0 Å². The Bertz CT molecular complexity index is 495. The summed E-state index contributed by atoms with van der Waals surface area (Å²) in [6.07, 6.45) is 0.343. The van der Waals surface area contributed by atoms with E-state index in [1.807, 2.05) is 30.3 Å². The van der Waals surface area contributed by atoms with Gasteiger partial charge in [-0.2, -0.15) is 0 Å². The van der Waals surface area contributed by atoms with Crippen LogP contribution in [0.1, 0.15) is 11.1 Å². The quantitative estimate of drug-likeness (QED) is 0.834. The van der Waals surface area contributed by atoms with E-state index in [-0.39, 0.29) is 0 Å². The number of alkyl halides is 1. The third-order valence-corrected chi connectivity index (χ3v) is 3.14. The Labute approximate surface area is 111 Å². The van der Waals surface area contributed by atoms with Crippen LogP contribution in [0, 0.1) is 0 Å². The van der Waals surface area contributed by atoms with Gasteiger partial charge in [-0.1, -0.05) is 65.7 Å². The summed E-state index contributed by atoms with van der Waals surface area (Å²) in [7, 11) is 0. The van der Waals surface area contributed by atoms with Gasteiger partial charge < -0.3 is 5.11 Å². The zero-order valence-corrected chi connectivity index (χ0v) is 10.6. The van der Waals surface area contributed by atoms with Crippen molar-refractivity contribution in [2.24, 2.45) is 0 Å². The predicted octanol–water partition coefficient (Wildman–Crippen LogP) is 3.97. The van der Waals surface area contributed by atoms with E-state index in [1.54, 1.807) is 24.3 Å². The molecule has 0 aliphatic rings. The Kier molecular flexibility index (Phi) is 3.72. The van der Waals surface area contributed by atoms with Crippen LogP contribution >= 0.6 is 23.2 Å². The van der Waals surface area contributed by atoms with E-state index in [4.69, 9.17) is 23.2 Å². The Morgan fingerprint density at radius 3 is 2.35 bits per heavy atom. The van der Waals surface area contributed by atoms with Gasteiger partial charge in [0.1, 0.15) is 0 Å². The minimum absolute atomic E-state index is 0.343. The van der Waals surface area contributed by atoms with Crippen molar-refractivity contribution in [3.8, 4) is 0 Å². The van der Waals surface area contributed by atoms with E-state index in [0.29, 0.717) is 17.0 Å². The third-order valence-electron chi connectivity index (χ3n) is 2.55. The number of aliphatic hydroxyl groups is 1. The van der Waals surface area contributed by atoms with Gasteiger partial charge in [-0.05, 0) is 17.7 Å². The fourth-order valence-electron chi connectivity index (χ4n) is 1.70. The molecule has 0 bridgehead atoms. The Hall–Kier alpha value is -1.02. The Balaban J connectivity index is 2.25. The number of rotatable bonds is 3. The van der Waals surface area contributed by atoms with Crippen LogP contribution < -0.4 is 0 Å². The summed E-state index contributed by atoms with van der Waals surface area (Å²) < 4.78 is 0. The molecular weight excluding hydrogens is 255 g/mol. The number of hydrogen-bond donors (Lipinski definition) is 1. The van der Waals surface area contributed by atoms with Gasteiger partial charge in [0, 0.05) is 17.0 Å². The number of hydrogen-bond acceptors (Lipinski definition) is 1. The predicted molar refractivity (Wildman–Crippen MR) is 71.3 cm³/mol. The molecule has 0 heterocycles. The van der Waals surface area contributed by atoms with Gasteiger partial charge in [-0.15, -0.1) is 0 Å². The number of halogens is 2. The highest BCUT2D eigenvalue weighted by Crippen LogP contribution is 2.31. The van der Waals surface area contributed by atoms with Crippen molar-refractivity contribution in [2.75, 3.05) is 0 Å². The van der Waals surface area contributed by atoms with Crippen LogP contribution in [0.15, 0.2) is 54.6 Å². The maximum atomic E-state index is 10.3. The lowest BCUT2D eigenvalue weighted by atomic mass is 10.0. The summed E-state index contributed by atoms with van der Waals surface area (Å²) in [6, 6.07) is 16.6. The highest BCUT2D eigenvalue weighted by molar-refractivity contribution is 6.30. The lowest BCUT2D eigenvalue weighted by Gasteiger charge is -2.21. The van der Waals surface area contributed by atoms with Crippen LogP contribution in [-0.2, 0) is 11.5 Å². The first kappa shape index (κ1) is 12.4. The van der Waals surface area contributed by atoms with Crippen molar-refractivity contribution >= 4 is 23.2 Å². The largest absolute Gasteiger partial charge is 0.370 e. The topological polar surface area (TPSA) is 20.2 Å². The van der Waals surface area contributed by atoms with Gasteiger partial charge >= 0.3 is 0 Å². The molecule has 1 unspecified atom stereocenters. The molecule has 0 amide bonds. The summed E-state index contributed by atoms with van der Waals surface area (Å²) in [4.78, 5) is 0. The molecule has 2 aromatic rings. The molecule has 0 spiro atoms. The molecule has 0 aliphatic heterocycles. The lowest BCUT2D eigenvalue weighted by molar-refractivity contribution is 0.129. The molecule has 88 valence electrons. The highest BCUT2D eigenvalue weighted by Gasteiger charge is 2.26. The minimum Gasteiger partial charge on any atom is -0.370 e. The molecule has 0 aromatic heterocycles. The molecule has 1 atom stereocenters. The maximum Gasteiger partial charge on any atom is 0.168 e. The second-order valence-corrected chi connectivity index (χ2v) is 4.99. The summed E-state index contributed by atoms with van der Waals surface area (Å²) in [5.74, 6) is 0. The van der Waals surface area contributed by atoms with Crippen LogP contribution in [0.4, 0.5) is 0 Å². The van der Waals surface area contributed by atoms with Crippen LogP contribution in [0.5, 0.6) is 0 Å². The lowest BCUT2D eigenvalue weighted by Crippen LogP contribution is -2.21. The maximum absolute atomic E-state index is 10.3. The van der Waals surface area contributed by atoms with Crippen LogP contribution in [-0.4, -0.2) is 5.11 Å². The Morgan fingerprint density at radius 2 is 1.71 bits per heavy atom. The fourth-order valence-corrected chi connectivity index (χ4v) is 2.16. The molecule has 0 aliphatic carbocycles. The normalized spacial score (nSPS) is 14.3. The third kappa shape index (κ3) is 3.22. The second-order valence-electron chi connectivity index (χ2n) is 3.93. The first-order valence-electron chi connectivity index (χ1n) is 5.29. The molecule has 1 N–H and O–H groups in total. The van der Waals surface area contributed by atoms with Gasteiger partial charge in [-0.3, -0.25) is 0 Å². The van der Waals surface area contributed by atoms with Gasteiger partial charge in [0.25, 0.3) is 0 Å². The van der Waals surface area contributed by atoms with E-state index in [0.717, 1.165) is 5.56 Å². The summed E-state index contributed by atoms with van der Waals surface area (Å²) >= 11 is 12.0. The molecular formula is C14H12Cl2O. The Morgan fingerprint density at radius 1 is 1.00 bits per heavy atom. The average Bonchev–Trinajstić information content (AvgIpc) is 2.30. The summed E-state index contributed by atoms with van der Waals surface area (Å²) in [5.41, 5.74) is 1.58. The van der Waals surface area contributed by atoms with Gasteiger partial charge in [0.05, 0.1) is 0 Å². The molecule has 0 radical (unpaired) electrons.